The molecular weight excluding hydrogens is 244 g/mol. The Morgan fingerprint density at radius 2 is 2.39 bits per heavy atom. The maximum absolute atomic E-state index is 11.8. The van der Waals surface area contributed by atoms with Crippen LogP contribution in [0.5, 0.6) is 0 Å². The van der Waals surface area contributed by atoms with Crippen molar-refractivity contribution >= 4 is 0 Å². The van der Waals surface area contributed by atoms with E-state index in [0.29, 0.717) is 18.1 Å². The summed E-state index contributed by atoms with van der Waals surface area (Å²) in [4.78, 5) is 4.27. The molecule has 1 fully saturated rings. The molecule has 102 valence electrons. The van der Waals surface area contributed by atoms with Crippen LogP contribution in [0.1, 0.15) is 31.5 Å². The third kappa shape index (κ3) is 3.23. The molecule has 0 aromatic carbocycles. The zero-order chi connectivity index (χ0) is 13.0. The van der Waals surface area contributed by atoms with E-state index in [2.05, 4.69) is 15.5 Å². The lowest BCUT2D eigenvalue weighted by Crippen LogP contribution is -2.33. The van der Waals surface area contributed by atoms with Crippen molar-refractivity contribution in [3.8, 4) is 0 Å². The van der Waals surface area contributed by atoms with Crippen LogP contribution in [0.3, 0.4) is 0 Å². The number of hydrogen-bond acceptors (Lipinski definition) is 5. The van der Waals surface area contributed by atoms with Crippen molar-refractivity contribution in [1.82, 2.24) is 15.5 Å². The summed E-state index contributed by atoms with van der Waals surface area (Å²) >= 11 is 0. The standard InChI is InChI=1S/C11H17F2N3O2/c1-11(4-2-5-14-11)10-15-9(16-18-10)3-6-17-7-8(12)13/h8,14H,2-7H2,1H3. The molecule has 0 aliphatic carbocycles. The second-order valence-electron chi connectivity index (χ2n) is 4.59. The number of rotatable bonds is 6. The van der Waals surface area contributed by atoms with Crippen LogP contribution >= 0.6 is 0 Å². The van der Waals surface area contributed by atoms with Gasteiger partial charge in [0, 0.05) is 6.42 Å². The summed E-state index contributed by atoms with van der Waals surface area (Å²) in [6.07, 6.45) is -0.0263. The molecule has 0 radical (unpaired) electrons. The summed E-state index contributed by atoms with van der Waals surface area (Å²) in [5.74, 6) is 1.05. The highest BCUT2D eigenvalue weighted by Crippen LogP contribution is 2.28. The molecule has 0 amide bonds. The van der Waals surface area contributed by atoms with E-state index in [4.69, 9.17) is 9.26 Å². The predicted octanol–water partition coefficient (Wildman–Crippen LogP) is 1.49. The summed E-state index contributed by atoms with van der Waals surface area (Å²) in [7, 11) is 0. The number of alkyl halides is 2. The Morgan fingerprint density at radius 3 is 3.06 bits per heavy atom. The van der Waals surface area contributed by atoms with Crippen molar-refractivity contribution in [3.05, 3.63) is 11.7 Å². The molecule has 0 saturated carbocycles. The van der Waals surface area contributed by atoms with Gasteiger partial charge in [-0.1, -0.05) is 5.16 Å². The quantitative estimate of drug-likeness (QED) is 0.786. The lowest BCUT2D eigenvalue weighted by molar-refractivity contribution is 0.0182. The summed E-state index contributed by atoms with van der Waals surface area (Å²) in [5, 5.41) is 7.15. The van der Waals surface area contributed by atoms with E-state index in [0.717, 1.165) is 19.4 Å². The minimum absolute atomic E-state index is 0.174. The molecule has 1 unspecified atom stereocenters. The summed E-state index contributed by atoms with van der Waals surface area (Å²) in [6, 6.07) is 0. The van der Waals surface area contributed by atoms with Crippen molar-refractivity contribution in [3.63, 3.8) is 0 Å². The van der Waals surface area contributed by atoms with Crippen LogP contribution < -0.4 is 5.32 Å². The van der Waals surface area contributed by atoms with Crippen LogP contribution in [-0.4, -0.2) is 36.3 Å². The highest BCUT2D eigenvalue weighted by atomic mass is 19.3. The van der Waals surface area contributed by atoms with Gasteiger partial charge in [0.05, 0.1) is 12.1 Å². The third-order valence-electron chi connectivity index (χ3n) is 3.02. The third-order valence-corrected chi connectivity index (χ3v) is 3.02. The van der Waals surface area contributed by atoms with Gasteiger partial charge >= 0.3 is 0 Å². The van der Waals surface area contributed by atoms with Crippen molar-refractivity contribution in [1.29, 1.82) is 0 Å². The van der Waals surface area contributed by atoms with Gasteiger partial charge in [-0.25, -0.2) is 8.78 Å². The van der Waals surface area contributed by atoms with E-state index in [1.165, 1.54) is 0 Å². The first-order valence-electron chi connectivity index (χ1n) is 6.04. The molecule has 2 heterocycles. The lowest BCUT2D eigenvalue weighted by atomic mass is 10.0. The molecule has 2 rings (SSSR count). The second-order valence-corrected chi connectivity index (χ2v) is 4.59. The molecule has 1 N–H and O–H groups in total. The van der Waals surface area contributed by atoms with Gasteiger partial charge in [-0.3, -0.25) is 0 Å². The van der Waals surface area contributed by atoms with Gasteiger partial charge in [0.1, 0.15) is 6.61 Å². The molecule has 1 saturated heterocycles. The van der Waals surface area contributed by atoms with E-state index in [1.54, 1.807) is 0 Å². The van der Waals surface area contributed by atoms with E-state index < -0.39 is 13.0 Å². The highest BCUT2D eigenvalue weighted by molar-refractivity contribution is 5.04. The van der Waals surface area contributed by atoms with Gasteiger partial charge in [0.15, 0.2) is 5.82 Å². The van der Waals surface area contributed by atoms with E-state index in [-0.39, 0.29) is 12.1 Å². The Labute approximate surface area is 104 Å². The Kier molecular flexibility index (Phi) is 4.23. The first kappa shape index (κ1) is 13.4. The van der Waals surface area contributed by atoms with E-state index in [9.17, 15) is 8.78 Å². The van der Waals surface area contributed by atoms with Crippen LogP contribution in [-0.2, 0) is 16.7 Å². The number of halogens is 2. The zero-order valence-corrected chi connectivity index (χ0v) is 10.3. The first-order valence-corrected chi connectivity index (χ1v) is 6.04. The smallest absolute Gasteiger partial charge is 0.261 e. The number of aromatic nitrogens is 2. The van der Waals surface area contributed by atoms with Crippen LogP contribution in [0.15, 0.2) is 4.52 Å². The molecule has 1 atom stereocenters. The highest BCUT2D eigenvalue weighted by Gasteiger charge is 2.35. The Hall–Kier alpha value is -1.08. The van der Waals surface area contributed by atoms with Crippen molar-refractivity contribution < 1.29 is 18.0 Å². The van der Waals surface area contributed by atoms with Gasteiger partial charge in [-0.15, -0.1) is 0 Å². The molecule has 1 aromatic rings. The van der Waals surface area contributed by atoms with Crippen molar-refractivity contribution in [2.75, 3.05) is 19.8 Å². The molecule has 1 aliphatic rings. The SMILES string of the molecule is CC1(c2nc(CCOCC(F)F)no2)CCCN1. The maximum Gasteiger partial charge on any atom is 0.261 e. The molecule has 1 aromatic heterocycles. The number of ether oxygens (including phenoxy) is 1. The molecule has 5 nitrogen and oxygen atoms in total. The fourth-order valence-corrected chi connectivity index (χ4v) is 1.99. The second kappa shape index (κ2) is 5.71. The molecule has 1 aliphatic heterocycles. The summed E-state index contributed by atoms with van der Waals surface area (Å²) in [5.41, 5.74) is -0.255. The van der Waals surface area contributed by atoms with Gasteiger partial charge in [-0.05, 0) is 26.3 Å². The van der Waals surface area contributed by atoms with Crippen molar-refractivity contribution in [2.24, 2.45) is 0 Å². The number of hydrogen-bond donors (Lipinski definition) is 1. The summed E-state index contributed by atoms with van der Waals surface area (Å²) < 4.78 is 33.6. The molecule has 7 heteroatoms. The van der Waals surface area contributed by atoms with Crippen LogP contribution in [0.2, 0.25) is 0 Å². The van der Waals surface area contributed by atoms with Crippen LogP contribution in [0.25, 0.3) is 0 Å². The minimum Gasteiger partial charge on any atom is -0.375 e. The van der Waals surface area contributed by atoms with E-state index >= 15 is 0 Å². The van der Waals surface area contributed by atoms with E-state index in [1.807, 2.05) is 6.92 Å². The molecular formula is C11H17F2N3O2. The first-order chi connectivity index (χ1) is 8.60. The topological polar surface area (TPSA) is 60.2 Å². The Bertz CT molecular complexity index is 378. The van der Waals surface area contributed by atoms with Crippen LogP contribution in [0.4, 0.5) is 8.78 Å². The number of nitrogens with one attached hydrogen (secondary N) is 1. The normalized spacial score (nSPS) is 24.0. The number of nitrogens with zero attached hydrogens (tertiary/aromatic N) is 2. The predicted molar refractivity (Wildman–Crippen MR) is 59.4 cm³/mol. The largest absolute Gasteiger partial charge is 0.375 e. The molecule has 18 heavy (non-hydrogen) atoms. The van der Waals surface area contributed by atoms with Gasteiger partial charge < -0.3 is 14.6 Å². The minimum atomic E-state index is -2.44. The van der Waals surface area contributed by atoms with Gasteiger partial charge in [0.2, 0.25) is 5.89 Å². The fourth-order valence-electron chi connectivity index (χ4n) is 1.99. The average Bonchev–Trinajstić information content (AvgIpc) is 2.94. The summed E-state index contributed by atoms with van der Waals surface area (Å²) in [6.45, 7) is 2.58. The Balaban J connectivity index is 1.83. The Morgan fingerprint density at radius 1 is 1.56 bits per heavy atom. The van der Waals surface area contributed by atoms with Gasteiger partial charge in [-0.2, -0.15) is 4.98 Å². The molecule has 0 spiro atoms. The van der Waals surface area contributed by atoms with Crippen LogP contribution in [0, 0.1) is 0 Å². The maximum atomic E-state index is 11.8. The fraction of sp³-hybridized carbons (Fsp3) is 0.818. The van der Waals surface area contributed by atoms with Crippen molar-refractivity contribution in [2.45, 2.75) is 38.2 Å². The lowest BCUT2D eigenvalue weighted by Gasteiger charge is -2.18. The average molecular weight is 261 g/mol. The zero-order valence-electron chi connectivity index (χ0n) is 10.3. The van der Waals surface area contributed by atoms with Gasteiger partial charge in [0.25, 0.3) is 6.43 Å². The monoisotopic (exact) mass is 261 g/mol. The molecule has 0 bridgehead atoms.